The van der Waals surface area contributed by atoms with E-state index in [-0.39, 0.29) is 11.0 Å². The van der Waals surface area contributed by atoms with Gasteiger partial charge in [-0.2, -0.15) is 0 Å². The molecule has 3 N–H and O–H groups in total. The number of hydrogen-bond donors (Lipinski definition) is 3. The summed E-state index contributed by atoms with van der Waals surface area (Å²) in [5, 5.41) is 14.1. The molecule has 7 heteroatoms. The summed E-state index contributed by atoms with van der Waals surface area (Å²) in [6, 6.07) is 5.63. The van der Waals surface area contributed by atoms with Gasteiger partial charge in [0.1, 0.15) is 11.8 Å². The van der Waals surface area contributed by atoms with Crippen molar-refractivity contribution in [3.8, 4) is 5.75 Å². The minimum atomic E-state index is -1.02. The third-order valence-corrected chi connectivity index (χ3v) is 3.02. The third-order valence-electron chi connectivity index (χ3n) is 2.80. The molecule has 1 aromatic carbocycles. The molecule has 0 aliphatic rings. The van der Waals surface area contributed by atoms with Gasteiger partial charge in [-0.3, -0.25) is 10.1 Å². The monoisotopic (exact) mass is 310 g/mol. The second-order valence-corrected chi connectivity index (χ2v) is 5.12. The van der Waals surface area contributed by atoms with Gasteiger partial charge in [-0.15, -0.1) is 0 Å². The second-order valence-electron chi connectivity index (χ2n) is 4.72. The van der Waals surface area contributed by atoms with E-state index in [2.05, 4.69) is 10.6 Å². The Kier molecular flexibility index (Phi) is 6.10. The van der Waals surface area contributed by atoms with Crippen LogP contribution in [0, 0.1) is 5.92 Å². The topological polar surface area (TPSA) is 87.7 Å². The predicted octanol–water partition coefficient (Wildman–Crippen LogP) is 1.41. The van der Waals surface area contributed by atoms with Gasteiger partial charge < -0.3 is 15.2 Å². The quantitative estimate of drug-likeness (QED) is 0.713. The molecule has 0 fully saturated rings. The lowest BCUT2D eigenvalue weighted by Crippen LogP contribution is -2.49. The molecule has 1 amide bonds. The van der Waals surface area contributed by atoms with Gasteiger partial charge in [0, 0.05) is 5.56 Å². The van der Waals surface area contributed by atoms with Crippen LogP contribution >= 0.6 is 12.2 Å². The molecule has 0 bridgehead atoms. The average Bonchev–Trinajstić information content (AvgIpc) is 2.44. The normalized spacial score (nSPS) is 11.6. The summed E-state index contributed by atoms with van der Waals surface area (Å²) in [5.74, 6) is -0.967. The van der Waals surface area contributed by atoms with Crippen LogP contribution < -0.4 is 15.4 Å². The minimum absolute atomic E-state index is 0.0167. The molecular weight excluding hydrogens is 292 g/mol. The summed E-state index contributed by atoms with van der Waals surface area (Å²) in [6.45, 7) is 3.50. The van der Waals surface area contributed by atoms with E-state index in [0.29, 0.717) is 11.3 Å². The fourth-order valence-corrected chi connectivity index (χ4v) is 1.83. The summed E-state index contributed by atoms with van der Waals surface area (Å²) >= 11 is 4.96. The van der Waals surface area contributed by atoms with Gasteiger partial charge in [0.25, 0.3) is 5.91 Å². The van der Waals surface area contributed by atoms with Crippen LogP contribution in [-0.2, 0) is 4.79 Å². The fourth-order valence-electron chi connectivity index (χ4n) is 1.61. The van der Waals surface area contributed by atoms with Gasteiger partial charge in [0.05, 0.1) is 7.11 Å². The highest BCUT2D eigenvalue weighted by Crippen LogP contribution is 2.11. The van der Waals surface area contributed by atoms with Crippen LogP contribution in [0.25, 0.3) is 0 Å². The number of methoxy groups -OCH3 is 1. The Hall–Kier alpha value is -2.15. The van der Waals surface area contributed by atoms with E-state index in [1.165, 1.54) is 7.11 Å². The third kappa shape index (κ3) is 5.03. The number of nitrogens with one attached hydrogen (secondary N) is 2. The van der Waals surface area contributed by atoms with E-state index < -0.39 is 17.9 Å². The van der Waals surface area contributed by atoms with Crippen molar-refractivity contribution in [2.75, 3.05) is 7.11 Å². The average molecular weight is 310 g/mol. The van der Waals surface area contributed by atoms with Crippen molar-refractivity contribution in [1.29, 1.82) is 0 Å². The maximum absolute atomic E-state index is 11.9. The predicted molar refractivity (Wildman–Crippen MR) is 82.5 cm³/mol. The Morgan fingerprint density at radius 3 is 2.24 bits per heavy atom. The van der Waals surface area contributed by atoms with E-state index in [4.69, 9.17) is 22.1 Å². The fraction of sp³-hybridized carbons (Fsp3) is 0.357. The van der Waals surface area contributed by atoms with Gasteiger partial charge >= 0.3 is 5.97 Å². The van der Waals surface area contributed by atoms with Crippen molar-refractivity contribution in [2.45, 2.75) is 19.9 Å². The Morgan fingerprint density at radius 2 is 1.81 bits per heavy atom. The van der Waals surface area contributed by atoms with Gasteiger partial charge in [0.15, 0.2) is 5.11 Å². The number of rotatable bonds is 5. The number of benzene rings is 1. The van der Waals surface area contributed by atoms with Gasteiger partial charge in [-0.05, 0) is 42.4 Å². The summed E-state index contributed by atoms with van der Waals surface area (Å²) in [4.78, 5) is 23.0. The van der Waals surface area contributed by atoms with E-state index in [1.54, 1.807) is 38.1 Å². The summed E-state index contributed by atoms with van der Waals surface area (Å²) in [5.41, 5.74) is 0.399. The smallest absolute Gasteiger partial charge is 0.326 e. The first-order valence-electron chi connectivity index (χ1n) is 6.34. The number of hydrogen-bond acceptors (Lipinski definition) is 4. The maximum Gasteiger partial charge on any atom is 0.326 e. The molecule has 114 valence electrons. The number of amides is 1. The van der Waals surface area contributed by atoms with E-state index >= 15 is 0 Å². The summed E-state index contributed by atoms with van der Waals surface area (Å²) in [6.07, 6.45) is 0. The van der Waals surface area contributed by atoms with Gasteiger partial charge in [0.2, 0.25) is 0 Å². The molecule has 1 aromatic rings. The van der Waals surface area contributed by atoms with Crippen LogP contribution in [0.2, 0.25) is 0 Å². The number of carbonyl (C=O) groups is 2. The summed E-state index contributed by atoms with van der Waals surface area (Å²) in [7, 11) is 1.53. The Bertz CT molecular complexity index is 528. The van der Waals surface area contributed by atoms with E-state index in [0.717, 1.165) is 0 Å². The van der Waals surface area contributed by atoms with Crippen LogP contribution in [0.5, 0.6) is 5.75 Å². The zero-order chi connectivity index (χ0) is 16.0. The van der Waals surface area contributed by atoms with Crippen molar-refractivity contribution >= 4 is 29.2 Å². The van der Waals surface area contributed by atoms with Crippen molar-refractivity contribution in [1.82, 2.24) is 10.6 Å². The molecule has 1 unspecified atom stereocenters. The van der Waals surface area contributed by atoms with Crippen LogP contribution in [0.4, 0.5) is 0 Å². The zero-order valence-corrected chi connectivity index (χ0v) is 12.9. The minimum Gasteiger partial charge on any atom is -0.497 e. The van der Waals surface area contributed by atoms with E-state index in [1.807, 2.05) is 0 Å². The van der Waals surface area contributed by atoms with Crippen molar-refractivity contribution in [2.24, 2.45) is 5.92 Å². The summed E-state index contributed by atoms with van der Waals surface area (Å²) < 4.78 is 5.00. The van der Waals surface area contributed by atoms with Crippen molar-refractivity contribution < 1.29 is 19.4 Å². The second kappa shape index (κ2) is 7.58. The molecule has 0 spiro atoms. The largest absolute Gasteiger partial charge is 0.497 e. The molecular formula is C14H18N2O4S. The van der Waals surface area contributed by atoms with Crippen LogP contribution in [0.3, 0.4) is 0 Å². The molecule has 0 saturated heterocycles. The van der Waals surface area contributed by atoms with Crippen molar-refractivity contribution in [3.05, 3.63) is 29.8 Å². The molecule has 0 saturated carbocycles. The number of carbonyl (C=O) groups excluding carboxylic acids is 1. The molecule has 0 aliphatic carbocycles. The highest BCUT2D eigenvalue weighted by Gasteiger charge is 2.22. The first-order valence-corrected chi connectivity index (χ1v) is 6.74. The highest BCUT2D eigenvalue weighted by atomic mass is 32.1. The Labute approximate surface area is 128 Å². The molecule has 21 heavy (non-hydrogen) atoms. The zero-order valence-electron chi connectivity index (χ0n) is 12.0. The van der Waals surface area contributed by atoms with Crippen LogP contribution in [0.15, 0.2) is 24.3 Å². The Balaban J connectivity index is 2.64. The molecule has 1 rings (SSSR count). The van der Waals surface area contributed by atoms with Crippen LogP contribution in [0.1, 0.15) is 24.2 Å². The number of carboxylic acids is 1. The van der Waals surface area contributed by atoms with Crippen LogP contribution in [-0.4, -0.2) is 35.2 Å². The standard InChI is InChI=1S/C14H18N2O4S/c1-8(2)11(13(18)19)15-14(21)16-12(17)9-4-6-10(20-3)7-5-9/h4-8,11H,1-3H3,(H,18,19)(H2,15,16,17,21). The number of ether oxygens (including phenoxy) is 1. The van der Waals surface area contributed by atoms with E-state index in [9.17, 15) is 9.59 Å². The first kappa shape index (κ1) is 16.9. The number of aliphatic carboxylic acids is 1. The highest BCUT2D eigenvalue weighted by molar-refractivity contribution is 7.80. The molecule has 0 aromatic heterocycles. The van der Waals surface area contributed by atoms with Gasteiger partial charge in [-0.25, -0.2) is 4.79 Å². The molecule has 6 nitrogen and oxygen atoms in total. The lowest BCUT2D eigenvalue weighted by molar-refractivity contribution is -0.140. The number of carboxylic acid groups (broad SMARTS) is 1. The number of thiocarbonyl (C=S) groups is 1. The molecule has 0 radical (unpaired) electrons. The lowest BCUT2D eigenvalue weighted by atomic mass is 10.1. The molecule has 0 heterocycles. The molecule has 1 atom stereocenters. The SMILES string of the molecule is COc1ccc(C(=O)NC(=S)NC(C(=O)O)C(C)C)cc1. The van der Waals surface area contributed by atoms with Gasteiger partial charge in [-0.1, -0.05) is 13.8 Å². The maximum atomic E-state index is 11.9. The lowest BCUT2D eigenvalue weighted by Gasteiger charge is -2.19. The molecule has 0 aliphatic heterocycles. The first-order chi connectivity index (χ1) is 9.85. The van der Waals surface area contributed by atoms with Crippen molar-refractivity contribution in [3.63, 3.8) is 0 Å². The Morgan fingerprint density at radius 1 is 1.24 bits per heavy atom.